The fourth-order valence-corrected chi connectivity index (χ4v) is 2.67. The Hall–Kier alpha value is -2.84. The number of nitrogens with two attached hydrogens (primary N) is 1. The number of ether oxygens (including phenoxy) is 1. The molecule has 0 radical (unpaired) electrons. The number of para-hydroxylation sites is 1. The van der Waals surface area contributed by atoms with Crippen molar-refractivity contribution in [3.63, 3.8) is 0 Å². The van der Waals surface area contributed by atoms with Crippen LogP contribution in [0.1, 0.15) is 25.3 Å². The molecule has 0 aromatic heterocycles. The number of hydrogen-bond acceptors (Lipinski definition) is 5. The molecule has 0 aliphatic carbocycles. The number of benzene rings is 1. The van der Waals surface area contributed by atoms with Crippen molar-refractivity contribution in [2.75, 3.05) is 19.7 Å². The summed E-state index contributed by atoms with van der Waals surface area (Å²) in [6.45, 7) is 3.46. The number of piperidine rings is 1. The maximum Gasteiger partial charge on any atom is 0.409 e. The van der Waals surface area contributed by atoms with Crippen molar-refractivity contribution in [1.29, 1.82) is 0 Å². The van der Waals surface area contributed by atoms with E-state index >= 15 is 0 Å². The molecule has 1 aromatic rings. The van der Waals surface area contributed by atoms with E-state index in [0.717, 1.165) is 12.8 Å². The van der Waals surface area contributed by atoms with Gasteiger partial charge in [-0.3, -0.25) is 10.1 Å². The lowest BCUT2D eigenvalue weighted by Crippen LogP contribution is -2.48. The third-order valence-electron chi connectivity index (χ3n) is 3.98. The highest BCUT2D eigenvalue weighted by Crippen LogP contribution is 2.18. The van der Waals surface area contributed by atoms with Gasteiger partial charge in [0.1, 0.15) is 0 Å². The van der Waals surface area contributed by atoms with Gasteiger partial charge in [-0.25, -0.2) is 9.79 Å². The van der Waals surface area contributed by atoms with Crippen LogP contribution in [0.15, 0.2) is 29.3 Å². The second-order valence-corrected chi connectivity index (χ2v) is 5.69. The van der Waals surface area contributed by atoms with Crippen LogP contribution in [0.3, 0.4) is 0 Å². The predicted octanol–water partition coefficient (Wildman–Crippen LogP) is 1.62. The average Bonchev–Trinajstić information content (AvgIpc) is 2.61. The minimum atomic E-state index is -0.431. The van der Waals surface area contributed by atoms with Gasteiger partial charge in [-0.05, 0) is 19.8 Å². The lowest BCUT2D eigenvalue weighted by atomic mass is 10.1. The van der Waals surface area contributed by atoms with Crippen molar-refractivity contribution in [2.45, 2.75) is 32.4 Å². The first-order valence-corrected chi connectivity index (χ1v) is 8.21. The van der Waals surface area contributed by atoms with Crippen LogP contribution in [0.2, 0.25) is 0 Å². The number of guanidine groups is 1. The highest BCUT2D eigenvalue weighted by molar-refractivity contribution is 5.78. The minimum absolute atomic E-state index is 0.0294. The van der Waals surface area contributed by atoms with Crippen LogP contribution in [0.5, 0.6) is 0 Å². The molecule has 9 nitrogen and oxygen atoms in total. The lowest BCUT2D eigenvalue weighted by Gasteiger charge is -2.31. The van der Waals surface area contributed by atoms with Gasteiger partial charge < -0.3 is 20.7 Å². The Kier molecular flexibility index (Phi) is 6.55. The molecular weight excluding hydrogens is 326 g/mol. The number of nitrogens with one attached hydrogen (secondary N) is 1. The fraction of sp³-hybridized carbons (Fsp3) is 0.500. The standard InChI is InChI=1S/C16H23N5O4/c1-2-25-16(22)20-9-7-13(8-10-20)19-15(17)18-11-12-5-3-4-6-14(12)21(23)24/h3-6,13H,2,7-11H2,1H3,(H3,17,18,19). The molecule has 2 rings (SSSR count). The number of nitro benzene ring substituents is 1. The summed E-state index contributed by atoms with van der Waals surface area (Å²) >= 11 is 0. The molecule has 0 saturated carbocycles. The number of aliphatic imine (C=N–C) groups is 1. The summed E-state index contributed by atoms with van der Waals surface area (Å²) < 4.78 is 4.98. The summed E-state index contributed by atoms with van der Waals surface area (Å²) in [6.07, 6.45) is 1.18. The molecule has 1 aromatic carbocycles. The van der Waals surface area contributed by atoms with E-state index in [1.165, 1.54) is 6.07 Å². The highest BCUT2D eigenvalue weighted by Gasteiger charge is 2.23. The molecule has 0 bridgehead atoms. The largest absolute Gasteiger partial charge is 0.450 e. The number of carbonyl (C=O) groups is 1. The first-order valence-electron chi connectivity index (χ1n) is 8.21. The monoisotopic (exact) mass is 349 g/mol. The topological polar surface area (TPSA) is 123 Å². The molecule has 0 atom stereocenters. The number of nitro groups is 1. The van der Waals surface area contributed by atoms with Gasteiger partial charge in [0.05, 0.1) is 23.6 Å². The van der Waals surface area contributed by atoms with Crippen molar-refractivity contribution < 1.29 is 14.5 Å². The molecule has 1 fully saturated rings. The molecule has 1 saturated heterocycles. The first kappa shape index (κ1) is 18.5. The number of hydrogen-bond donors (Lipinski definition) is 2. The van der Waals surface area contributed by atoms with E-state index in [4.69, 9.17) is 10.5 Å². The quantitative estimate of drug-likeness (QED) is 0.360. The van der Waals surface area contributed by atoms with E-state index in [9.17, 15) is 14.9 Å². The molecule has 0 unspecified atom stereocenters. The third kappa shape index (κ3) is 5.33. The van der Waals surface area contributed by atoms with Crippen molar-refractivity contribution in [1.82, 2.24) is 10.2 Å². The maximum atomic E-state index is 11.7. The number of nitrogens with zero attached hydrogens (tertiary/aromatic N) is 3. The Bertz CT molecular complexity index is 641. The Balaban J connectivity index is 1.85. The SMILES string of the molecule is CCOC(=O)N1CCC(NC(N)=NCc2ccccc2[N+](=O)[O-])CC1. The van der Waals surface area contributed by atoms with E-state index < -0.39 is 4.92 Å². The van der Waals surface area contributed by atoms with Crippen molar-refractivity contribution in [3.05, 3.63) is 39.9 Å². The highest BCUT2D eigenvalue weighted by atomic mass is 16.6. The van der Waals surface area contributed by atoms with Crippen LogP contribution in [0.4, 0.5) is 10.5 Å². The molecule has 3 N–H and O–H groups in total. The Labute approximate surface area is 146 Å². The third-order valence-corrected chi connectivity index (χ3v) is 3.98. The van der Waals surface area contributed by atoms with E-state index in [-0.39, 0.29) is 30.3 Å². The van der Waals surface area contributed by atoms with Crippen LogP contribution in [0.25, 0.3) is 0 Å². The van der Waals surface area contributed by atoms with Crippen molar-refractivity contribution in [3.8, 4) is 0 Å². The summed E-state index contributed by atoms with van der Waals surface area (Å²) in [5.41, 5.74) is 6.42. The van der Waals surface area contributed by atoms with Crippen molar-refractivity contribution in [2.24, 2.45) is 10.7 Å². The first-order chi connectivity index (χ1) is 12.0. The second-order valence-electron chi connectivity index (χ2n) is 5.69. The predicted molar refractivity (Wildman–Crippen MR) is 93.2 cm³/mol. The molecular formula is C16H23N5O4. The normalized spacial score (nSPS) is 15.7. The zero-order chi connectivity index (χ0) is 18.2. The zero-order valence-electron chi connectivity index (χ0n) is 14.2. The van der Waals surface area contributed by atoms with Crippen molar-refractivity contribution >= 4 is 17.7 Å². The van der Waals surface area contributed by atoms with Gasteiger partial charge in [-0.2, -0.15) is 0 Å². The van der Waals surface area contributed by atoms with Gasteiger partial charge >= 0.3 is 6.09 Å². The number of likely N-dealkylation sites (tertiary alicyclic amines) is 1. The van der Waals surface area contributed by atoms with E-state index in [0.29, 0.717) is 25.3 Å². The number of amides is 1. The smallest absolute Gasteiger partial charge is 0.409 e. The summed E-state index contributed by atoms with van der Waals surface area (Å²) in [4.78, 5) is 28.1. The fourth-order valence-electron chi connectivity index (χ4n) is 2.67. The lowest BCUT2D eigenvalue weighted by molar-refractivity contribution is -0.385. The minimum Gasteiger partial charge on any atom is -0.450 e. The number of carbonyl (C=O) groups excluding carboxylic acids is 1. The van der Waals surface area contributed by atoms with E-state index in [1.807, 2.05) is 0 Å². The second kappa shape index (κ2) is 8.86. The Morgan fingerprint density at radius 3 is 2.76 bits per heavy atom. The molecule has 1 heterocycles. The van der Waals surface area contributed by atoms with Gasteiger partial charge in [0.25, 0.3) is 5.69 Å². The summed E-state index contributed by atoms with van der Waals surface area (Å²) in [7, 11) is 0. The maximum absolute atomic E-state index is 11.7. The molecule has 1 aliphatic rings. The molecule has 136 valence electrons. The van der Waals surface area contributed by atoms with Crippen LogP contribution in [0, 0.1) is 10.1 Å². The van der Waals surface area contributed by atoms with Crippen LogP contribution >= 0.6 is 0 Å². The molecule has 9 heteroatoms. The summed E-state index contributed by atoms with van der Waals surface area (Å²) in [6, 6.07) is 6.56. The molecule has 0 spiro atoms. The van der Waals surface area contributed by atoms with Crippen LogP contribution in [-0.2, 0) is 11.3 Å². The molecule has 25 heavy (non-hydrogen) atoms. The van der Waals surface area contributed by atoms with E-state index in [1.54, 1.807) is 30.0 Å². The van der Waals surface area contributed by atoms with Gasteiger partial charge in [0.15, 0.2) is 5.96 Å². The Morgan fingerprint density at radius 2 is 2.12 bits per heavy atom. The summed E-state index contributed by atoms with van der Waals surface area (Å²) in [5.74, 6) is 0.243. The molecule has 1 amide bonds. The van der Waals surface area contributed by atoms with Gasteiger partial charge in [-0.15, -0.1) is 0 Å². The van der Waals surface area contributed by atoms with Gasteiger partial charge in [-0.1, -0.05) is 18.2 Å². The van der Waals surface area contributed by atoms with Gasteiger partial charge in [0, 0.05) is 25.2 Å². The molecule has 1 aliphatic heterocycles. The number of rotatable bonds is 5. The Morgan fingerprint density at radius 1 is 1.44 bits per heavy atom. The van der Waals surface area contributed by atoms with Crippen LogP contribution < -0.4 is 11.1 Å². The summed E-state index contributed by atoms with van der Waals surface area (Å²) in [5, 5.41) is 14.1. The van der Waals surface area contributed by atoms with E-state index in [2.05, 4.69) is 10.3 Å². The zero-order valence-corrected chi connectivity index (χ0v) is 14.2. The van der Waals surface area contributed by atoms with Gasteiger partial charge in [0.2, 0.25) is 0 Å². The van der Waals surface area contributed by atoms with Crippen LogP contribution in [-0.4, -0.2) is 47.6 Å². The average molecular weight is 349 g/mol.